The normalized spacial score (nSPS) is 11.6. The van der Waals surface area contributed by atoms with Gasteiger partial charge in [-0.2, -0.15) is 0 Å². The summed E-state index contributed by atoms with van der Waals surface area (Å²) in [6.45, 7) is 1.09. The van der Waals surface area contributed by atoms with E-state index in [0.717, 1.165) is 10.0 Å². The number of unbranched alkanes of at least 4 members (excludes halogenated alkanes) is 1. The molecule has 1 aromatic carbocycles. The van der Waals surface area contributed by atoms with Gasteiger partial charge in [-0.15, -0.1) is 0 Å². The molecule has 0 aliphatic rings. The van der Waals surface area contributed by atoms with Crippen molar-refractivity contribution in [2.45, 2.75) is 19.4 Å². The first kappa shape index (κ1) is 14.6. The minimum Gasteiger partial charge on any atom is -0.377 e. The number of ether oxygens (including phenoxy) is 1. The molecule has 6 heteroatoms. The fourth-order valence-corrected chi connectivity index (χ4v) is 2.15. The molecule has 0 amide bonds. The second kappa shape index (κ2) is 7.10. The van der Waals surface area contributed by atoms with Gasteiger partial charge in [0.25, 0.3) is 0 Å². The van der Waals surface area contributed by atoms with Crippen molar-refractivity contribution in [3.8, 4) is 0 Å². The first-order valence-corrected chi connectivity index (χ1v) is 7.81. The smallest absolute Gasteiger partial charge is 0.209 e. The highest BCUT2D eigenvalue weighted by Gasteiger charge is 2.01. The van der Waals surface area contributed by atoms with Crippen LogP contribution in [0.2, 0.25) is 0 Å². The van der Waals surface area contributed by atoms with Crippen molar-refractivity contribution in [3.63, 3.8) is 0 Å². The molecule has 96 valence electrons. The molecular weight excluding hydrogens is 306 g/mol. The number of hydrogen-bond donors (Lipinski definition) is 1. The lowest BCUT2D eigenvalue weighted by molar-refractivity contribution is 0.118. The minimum atomic E-state index is -3.33. The van der Waals surface area contributed by atoms with Gasteiger partial charge in [0.05, 0.1) is 12.4 Å². The van der Waals surface area contributed by atoms with Gasteiger partial charge < -0.3 is 4.74 Å². The van der Waals surface area contributed by atoms with Crippen molar-refractivity contribution in [1.82, 2.24) is 0 Å². The van der Waals surface area contributed by atoms with Crippen LogP contribution in [-0.4, -0.2) is 20.8 Å². The molecule has 17 heavy (non-hydrogen) atoms. The number of halogens is 1. The molecule has 0 saturated carbocycles. The monoisotopic (exact) mass is 321 g/mol. The van der Waals surface area contributed by atoms with E-state index < -0.39 is 10.0 Å². The quantitative estimate of drug-likeness (QED) is 0.781. The Morgan fingerprint density at radius 2 is 1.82 bits per heavy atom. The van der Waals surface area contributed by atoms with Gasteiger partial charge in [-0.1, -0.05) is 28.1 Å². The van der Waals surface area contributed by atoms with Crippen LogP contribution < -0.4 is 5.14 Å². The molecule has 0 saturated heterocycles. The van der Waals surface area contributed by atoms with Crippen LogP contribution in [0.1, 0.15) is 18.4 Å². The van der Waals surface area contributed by atoms with Crippen LogP contribution in [-0.2, 0) is 21.4 Å². The Morgan fingerprint density at radius 3 is 2.41 bits per heavy atom. The largest absolute Gasteiger partial charge is 0.377 e. The van der Waals surface area contributed by atoms with Crippen molar-refractivity contribution >= 4 is 26.0 Å². The summed E-state index contributed by atoms with van der Waals surface area (Å²) < 4.78 is 27.8. The van der Waals surface area contributed by atoms with E-state index in [1.807, 2.05) is 24.3 Å². The summed E-state index contributed by atoms with van der Waals surface area (Å²) in [7, 11) is -3.33. The van der Waals surface area contributed by atoms with E-state index in [4.69, 9.17) is 9.88 Å². The van der Waals surface area contributed by atoms with E-state index in [2.05, 4.69) is 15.9 Å². The van der Waals surface area contributed by atoms with Crippen LogP contribution in [0.5, 0.6) is 0 Å². The molecule has 0 radical (unpaired) electrons. The summed E-state index contributed by atoms with van der Waals surface area (Å²) in [5.74, 6) is 0.0225. The standard InChI is InChI=1S/C11H16BrNO3S/c12-11-5-3-10(4-6-11)9-16-7-1-2-8-17(13,14)15/h3-6H,1-2,7-9H2,(H2,13,14,15). The summed E-state index contributed by atoms with van der Waals surface area (Å²) in [5.41, 5.74) is 1.10. The number of nitrogens with two attached hydrogens (primary N) is 1. The lowest BCUT2D eigenvalue weighted by Crippen LogP contribution is -2.16. The van der Waals surface area contributed by atoms with Gasteiger partial charge >= 0.3 is 0 Å². The average Bonchev–Trinajstić information content (AvgIpc) is 2.24. The van der Waals surface area contributed by atoms with Crippen molar-refractivity contribution in [1.29, 1.82) is 0 Å². The molecule has 4 nitrogen and oxygen atoms in total. The summed E-state index contributed by atoms with van der Waals surface area (Å²) in [6, 6.07) is 7.88. The van der Waals surface area contributed by atoms with Crippen molar-refractivity contribution in [3.05, 3.63) is 34.3 Å². The van der Waals surface area contributed by atoms with E-state index in [-0.39, 0.29) is 5.75 Å². The van der Waals surface area contributed by atoms with Crippen molar-refractivity contribution in [2.75, 3.05) is 12.4 Å². The second-order valence-electron chi connectivity index (χ2n) is 3.75. The van der Waals surface area contributed by atoms with Gasteiger partial charge in [0, 0.05) is 11.1 Å². The fourth-order valence-electron chi connectivity index (χ4n) is 1.28. The second-order valence-corrected chi connectivity index (χ2v) is 6.40. The predicted octanol–water partition coefficient (Wildman–Crippen LogP) is 2.03. The molecule has 1 aromatic rings. The molecule has 0 atom stereocenters. The number of rotatable bonds is 7. The fraction of sp³-hybridized carbons (Fsp3) is 0.455. The molecule has 0 spiro atoms. The van der Waals surface area contributed by atoms with Crippen LogP contribution in [0.25, 0.3) is 0 Å². The first-order valence-electron chi connectivity index (χ1n) is 5.30. The maximum Gasteiger partial charge on any atom is 0.209 e. The minimum absolute atomic E-state index is 0.0225. The number of benzene rings is 1. The maximum atomic E-state index is 10.6. The SMILES string of the molecule is NS(=O)(=O)CCCCOCc1ccc(Br)cc1. The zero-order valence-electron chi connectivity index (χ0n) is 9.43. The Hall–Kier alpha value is -0.430. The third kappa shape index (κ3) is 7.49. The van der Waals surface area contributed by atoms with E-state index in [1.165, 1.54) is 0 Å². The third-order valence-corrected chi connectivity index (χ3v) is 3.54. The molecule has 0 aromatic heterocycles. The van der Waals surface area contributed by atoms with E-state index in [1.54, 1.807) is 0 Å². The molecule has 0 aliphatic carbocycles. The predicted molar refractivity (Wildman–Crippen MR) is 71.0 cm³/mol. The lowest BCUT2D eigenvalue weighted by Gasteiger charge is -2.04. The van der Waals surface area contributed by atoms with Crippen LogP contribution in [0.15, 0.2) is 28.7 Å². The van der Waals surface area contributed by atoms with Crippen LogP contribution in [0.3, 0.4) is 0 Å². The van der Waals surface area contributed by atoms with Gasteiger partial charge in [0.15, 0.2) is 0 Å². The Bertz CT molecular complexity index is 431. The highest BCUT2D eigenvalue weighted by atomic mass is 79.9. The number of sulfonamides is 1. The van der Waals surface area contributed by atoms with Crippen LogP contribution >= 0.6 is 15.9 Å². The van der Waals surface area contributed by atoms with Gasteiger partial charge in [-0.3, -0.25) is 0 Å². The molecule has 0 heterocycles. The molecule has 0 bridgehead atoms. The Kier molecular flexibility index (Phi) is 6.11. The van der Waals surface area contributed by atoms with Gasteiger partial charge in [0.1, 0.15) is 0 Å². The van der Waals surface area contributed by atoms with Crippen molar-refractivity contribution in [2.24, 2.45) is 5.14 Å². The Balaban J connectivity index is 2.10. The molecule has 0 fully saturated rings. The molecule has 0 aliphatic heterocycles. The zero-order chi connectivity index (χ0) is 12.7. The van der Waals surface area contributed by atoms with Gasteiger partial charge in [-0.25, -0.2) is 13.6 Å². The Labute approximate surface area is 110 Å². The number of hydrogen-bond acceptors (Lipinski definition) is 3. The zero-order valence-corrected chi connectivity index (χ0v) is 11.8. The molecule has 0 unspecified atom stereocenters. The molecule has 1 rings (SSSR count). The first-order chi connectivity index (χ1) is 7.97. The van der Waals surface area contributed by atoms with Crippen molar-refractivity contribution < 1.29 is 13.2 Å². The van der Waals surface area contributed by atoms with Gasteiger partial charge in [0.2, 0.25) is 10.0 Å². The number of primary sulfonamides is 1. The van der Waals surface area contributed by atoms with E-state index >= 15 is 0 Å². The summed E-state index contributed by atoms with van der Waals surface area (Å²) in [5, 5.41) is 4.88. The van der Waals surface area contributed by atoms with E-state index in [9.17, 15) is 8.42 Å². The Morgan fingerprint density at radius 1 is 1.18 bits per heavy atom. The highest BCUT2D eigenvalue weighted by Crippen LogP contribution is 2.11. The van der Waals surface area contributed by atoms with Crippen LogP contribution in [0, 0.1) is 0 Å². The lowest BCUT2D eigenvalue weighted by atomic mass is 10.2. The average molecular weight is 322 g/mol. The topological polar surface area (TPSA) is 69.4 Å². The van der Waals surface area contributed by atoms with E-state index in [0.29, 0.717) is 26.1 Å². The molecular formula is C11H16BrNO3S. The summed E-state index contributed by atoms with van der Waals surface area (Å²) in [6.07, 6.45) is 1.24. The van der Waals surface area contributed by atoms with Crippen LogP contribution in [0.4, 0.5) is 0 Å². The molecule has 2 N–H and O–H groups in total. The summed E-state index contributed by atoms with van der Waals surface area (Å²) in [4.78, 5) is 0. The van der Waals surface area contributed by atoms with Gasteiger partial charge in [-0.05, 0) is 30.5 Å². The third-order valence-electron chi connectivity index (χ3n) is 2.15. The highest BCUT2D eigenvalue weighted by molar-refractivity contribution is 9.10. The summed E-state index contributed by atoms with van der Waals surface area (Å²) >= 11 is 3.36. The maximum absolute atomic E-state index is 10.6.